The molecule has 62 valence electrons. The van der Waals surface area contributed by atoms with E-state index in [-0.39, 0.29) is 11.4 Å². The van der Waals surface area contributed by atoms with Gasteiger partial charge in [-0.2, -0.15) is 5.26 Å². The average molecular weight is 164 g/mol. The second-order valence-electron chi connectivity index (χ2n) is 2.09. The van der Waals surface area contributed by atoms with E-state index >= 15 is 0 Å². The second-order valence-corrected chi connectivity index (χ2v) is 2.09. The van der Waals surface area contributed by atoms with Gasteiger partial charge in [-0.15, -0.1) is 0 Å². The third-order valence-electron chi connectivity index (χ3n) is 1.24. The molecular formula is C8H8N2O2. The van der Waals surface area contributed by atoms with Crippen molar-refractivity contribution >= 4 is 0 Å². The molecule has 0 saturated carbocycles. The lowest BCUT2D eigenvalue weighted by molar-refractivity contribution is 0.334. The van der Waals surface area contributed by atoms with Gasteiger partial charge in [-0.3, -0.25) is 0 Å². The molecule has 4 nitrogen and oxygen atoms in total. The molecule has 1 rings (SSSR count). The molecule has 1 aromatic heterocycles. The molecule has 0 unspecified atom stereocenters. The molecule has 0 saturated heterocycles. The SMILES string of the molecule is CCOc1cc(O)cnc1C#N. The number of rotatable bonds is 2. The molecular weight excluding hydrogens is 156 g/mol. The summed E-state index contributed by atoms with van der Waals surface area (Å²) in [5.74, 6) is 0.317. The van der Waals surface area contributed by atoms with Crippen LogP contribution in [0.25, 0.3) is 0 Å². The van der Waals surface area contributed by atoms with Crippen LogP contribution in [0.4, 0.5) is 0 Å². The number of hydrogen-bond donors (Lipinski definition) is 1. The van der Waals surface area contributed by atoms with E-state index in [0.717, 1.165) is 0 Å². The van der Waals surface area contributed by atoms with Crippen molar-refractivity contribution in [2.24, 2.45) is 0 Å². The molecule has 0 bridgehead atoms. The van der Waals surface area contributed by atoms with Crippen LogP contribution < -0.4 is 4.74 Å². The second kappa shape index (κ2) is 3.58. The van der Waals surface area contributed by atoms with Crippen LogP contribution in [-0.2, 0) is 0 Å². The Morgan fingerprint density at radius 1 is 1.75 bits per heavy atom. The zero-order valence-corrected chi connectivity index (χ0v) is 6.61. The molecule has 12 heavy (non-hydrogen) atoms. The summed E-state index contributed by atoms with van der Waals surface area (Å²) in [6.45, 7) is 2.24. The first-order valence-corrected chi connectivity index (χ1v) is 3.49. The minimum Gasteiger partial charge on any atom is -0.506 e. The summed E-state index contributed by atoms with van der Waals surface area (Å²) in [5, 5.41) is 17.6. The quantitative estimate of drug-likeness (QED) is 0.709. The van der Waals surface area contributed by atoms with E-state index < -0.39 is 0 Å². The first-order valence-electron chi connectivity index (χ1n) is 3.49. The van der Waals surface area contributed by atoms with Crippen LogP contribution in [0.5, 0.6) is 11.5 Å². The summed E-state index contributed by atoms with van der Waals surface area (Å²) in [5.41, 5.74) is 0.189. The summed E-state index contributed by atoms with van der Waals surface area (Å²) in [6, 6.07) is 3.23. The monoisotopic (exact) mass is 164 g/mol. The molecule has 0 amide bonds. The zero-order valence-electron chi connectivity index (χ0n) is 6.61. The van der Waals surface area contributed by atoms with E-state index in [2.05, 4.69) is 4.98 Å². The molecule has 0 radical (unpaired) electrons. The maximum absolute atomic E-state index is 9.01. The summed E-state index contributed by atoms with van der Waals surface area (Å²) >= 11 is 0. The van der Waals surface area contributed by atoms with Crippen molar-refractivity contribution in [1.29, 1.82) is 5.26 Å². The van der Waals surface area contributed by atoms with Crippen molar-refractivity contribution < 1.29 is 9.84 Å². The normalized spacial score (nSPS) is 9.00. The van der Waals surface area contributed by atoms with Gasteiger partial charge in [-0.05, 0) is 6.92 Å². The standard InChI is InChI=1S/C8H8N2O2/c1-2-12-8-3-6(11)5-10-7(8)4-9/h3,5,11H,2H2,1H3. The largest absolute Gasteiger partial charge is 0.506 e. The Morgan fingerprint density at radius 2 is 2.50 bits per heavy atom. The van der Waals surface area contributed by atoms with Crippen LogP contribution in [0.2, 0.25) is 0 Å². The smallest absolute Gasteiger partial charge is 0.182 e. The van der Waals surface area contributed by atoms with E-state index in [1.807, 2.05) is 6.07 Å². The molecule has 0 spiro atoms. The number of nitrogens with zero attached hydrogens (tertiary/aromatic N) is 2. The van der Waals surface area contributed by atoms with Gasteiger partial charge in [0.2, 0.25) is 0 Å². The fourth-order valence-electron chi connectivity index (χ4n) is 0.784. The summed E-state index contributed by atoms with van der Waals surface area (Å²) in [6.07, 6.45) is 1.21. The van der Waals surface area contributed by atoms with Gasteiger partial charge in [-0.1, -0.05) is 0 Å². The number of ether oxygens (including phenoxy) is 1. The van der Waals surface area contributed by atoms with Gasteiger partial charge in [0.05, 0.1) is 12.8 Å². The van der Waals surface area contributed by atoms with Crippen molar-refractivity contribution in [1.82, 2.24) is 4.98 Å². The number of hydrogen-bond acceptors (Lipinski definition) is 4. The molecule has 4 heteroatoms. The number of nitriles is 1. The fraction of sp³-hybridized carbons (Fsp3) is 0.250. The topological polar surface area (TPSA) is 66.1 Å². The van der Waals surface area contributed by atoms with Gasteiger partial charge in [-0.25, -0.2) is 4.98 Å². The van der Waals surface area contributed by atoms with Crippen LogP contribution in [0, 0.1) is 11.3 Å². The number of pyridine rings is 1. The molecule has 0 aromatic carbocycles. The Morgan fingerprint density at radius 3 is 3.08 bits per heavy atom. The van der Waals surface area contributed by atoms with Crippen LogP contribution in [0.1, 0.15) is 12.6 Å². The van der Waals surface area contributed by atoms with Gasteiger partial charge in [0.1, 0.15) is 11.8 Å². The Kier molecular flexibility index (Phi) is 2.49. The highest BCUT2D eigenvalue weighted by atomic mass is 16.5. The van der Waals surface area contributed by atoms with E-state index in [4.69, 9.17) is 15.1 Å². The summed E-state index contributed by atoms with van der Waals surface area (Å²) in [7, 11) is 0. The molecule has 0 aliphatic carbocycles. The lowest BCUT2D eigenvalue weighted by Crippen LogP contribution is -1.95. The molecule has 0 aliphatic heterocycles. The van der Waals surface area contributed by atoms with Gasteiger partial charge in [0, 0.05) is 6.07 Å². The molecule has 1 heterocycles. The minimum atomic E-state index is -0.00236. The van der Waals surface area contributed by atoms with Crippen molar-refractivity contribution in [3.63, 3.8) is 0 Å². The molecule has 0 atom stereocenters. The Hall–Kier alpha value is -1.76. The predicted molar refractivity (Wildman–Crippen MR) is 41.8 cm³/mol. The molecule has 1 N–H and O–H groups in total. The average Bonchev–Trinajstić information content (AvgIpc) is 2.05. The van der Waals surface area contributed by atoms with E-state index in [9.17, 15) is 0 Å². The van der Waals surface area contributed by atoms with Crippen molar-refractivity contribution in [2.75, 3.05) is 6.61 Å². The zero-order chi connectivity index (χ0) is 8.97. The van der Waals surface area contributed by atoms with Crippen LogP contribution in [-0.4, -0.2) is 16.7 Å². The third kappa shape index (κ3) is 1.64. The van der Waals surface area contributed by atoms with E-state index in [0.29, 0.717) is 12.4 Å². The third-order valence-corrected chi connectivity index (χ3v) is 1.24. The maximum Gasteiger partial charge on any atom is 0.182 e. The minimum absolute atomic E-state index is 0.00236. The van der Waals surface area contributed by atoms with Crippen LogP contribution in [0.3, 0.4) is 0 Å². The fourth-order valence-corrected chi connectivity index (χ4v) is 0.784. The van der Waals surface area contributed by atoms with Crippen molar-refractivity contribution in [3.8, 4) is 17.6 Å². The lowest BCUT2D eigenvalue weighted by atomic mass is 10.3. The first kappa shape index (κ1) is 8.34. The summed E-state index contributed by atoms with van der Waals surface area (Å²) in [4.78, 5) is 3.68. The van der Waals surface area contributed by atoms with Crippen LogP contribution >= 0.6 is 0 Å². The molecule has 1 aromatic rings. The van der Waals surface area contributed by atoms with Gasteiger partial charge < -0.3 is 9.84 Å². The van der Waals surface area contributed by atoms with Crippen LogP contribution in [0.15, 0.2) is 12.3 Å². The number of aromatic hydroxyl groups is 1. The number of aromatic nitrogens is 1. The highest BCUT2D eigenvalue weighted by Crippen LogP contribution is 2.20. The van der Waals surface area contributed by atoms with Crippen molar-refractivity contribution in [2.45, 2.75) is 6.92 Å². The highest BCUT2D eigenvalue weighted by Gasteiger charge is 2.04. The van der Waals surface area contributed by atoms with Crippen molar-refractivity contribution in [3.05, 3.63) is 18.0 Å². The Balaban J connectivity index is 3.06. The van der Waals surface area contributed by atoms with Gasteiger partial charge in [0.15, 0.2) is 11.4 Å². The van der Waals surface area contributed by atoms with Gasteiger partial charge >= 0.3 is 0 Å². The molecule has 0 aliphatic rings. The van der Waals surface area contributed by atoms with E-state index in [1.54, 1.807) is 6.92 Å². The predicted octanol–water partition coefficient (Wildman–Crippen LogP) is 1.06. The maximum atomic E-state index is 9.01. The summed E-state index contributed by atoms with van der Waals surface area (Å²) < 4.78 is 5.06. The first-order chi connectivity index (χ1) is 5.77. The Bertz CT molecular complexity index is 317. The highest BCUT2D eigenvalue weighted by molar-refractivity contribution is 5.40. The van der Waals surface area contributed by atoms with Gasteiger partial charge in [0.25, 0.3) is 0 Å². The Labute approximate surface area is 70.0 Å². The van der Waals surface area contributed by atoms with E-state index in [1.165, 1.54) is 12.3 Å². The molecule has 0 fully saturated rings. The lowest BCUT2D eigenvalue weighted by Gasteiger charge is -2.03.